The van der Waals surface area contributed by atoms with Gasteiger partial charge in [0.15, 0.2) is 0 Å². The lowest BCUT2D eigenvalue weighted by molar-refractivity contribution is -0.138. The summed E-state index contributed by atoms with van der Waals surface area (Å²) < 4.78 is 1.08. The molecule has 0 atom stereocenters. The first-order chi connectivity index (χ1) is 16.5. The van der Waals surface area contributed by atoms with E-state index in [1.807, 2.05) is 12.3 Å². The standard InChI is InChI=1S/C26H27ClN4O2S/c1-2-29-13-18(14-29)30-9-3-4-16-10-17(27)11-21(25(16)30)20-7-8-28-22-12-19(34-26(20)22)15-31-23(32)5-6-24(31)33/h7-8,10-12,18H,2-6,9,13-15H2,1H3. The molecule has 2 saturated heterocycles. The number of thiophene rings is 1. The molecule has 3 aliphatic heterocycles. The van der Waals surface area contributed by atoms with E-state index in [1.54, 1.807) is 11.3 Å². The van der Waals surface area contributed by atoms with Crippen LogP contribution in [0.4, 0.5) is 5.69 Å². The van der Waals surface area contributed by atoms with E-state index in [0.29, 0.717) is 25.4 Å². The molecule has 5 heterocycles. The molecule has 0 radical (unpaired) electrons. The molecule has 2 amide bonds. The van der Waals surface area contributed by atoms with Crippen LogP contribution in [0.1, 0.15) is 36.6 Å². The van der Waals surface area contributed by atoms with Crippen LogP contribution in [-0.2, 0) is 22.6 Å². The van der Waals surface area contributed by atoms with Gasteiger partial charge in [0.25, 0.3) is 0 Å². The second-order valence-electron chi connectivity index (χ2n) is 9.42. The highest BCUT2D eigenvalue weighted by atomic mass is 35.5. The summed E-state index contributed by atoms with van der Waals surface area (Å²) in [5.74, 6) is -0.173. The topological polar surface area (TPSA) is 56.8 Å². The van der Waals surface area contributed by atoms with Crippen molar-refractivity contribution in [2.45, 2.75) is 45.2 Å². The molecule has 0 spiro atoms. The number of hydrogen-bond donors (Lipinski definition) is 0. The lowest BCUT2D eigenvalue weighted by atomic mass is 9.91. The Kier molecular flexibility index (Phi) is 5.59. The first-order valence-corrected chi connectivity index (χ1v) is 13.2. The van der Waals surface area contributed by atoms with E-state index in [1.165, 1.54) is 16.2 Å². The number of anilines is 1. The van der Waals surface area contributed by atoms with Crippen LogP contribution < -0.4 is 4.90 Å². The maximum Gasteiger partial charge on any atom is 0.230 e. The fourth-order valence-corrected chi connectivity index (χ4v) is 6.91. The molecule has 0 unspecified atom stereocenters. The third-order valence-electron chi connectivity index (χ3n) is 7.33. The van der Waals surface area contributed by atoms with Crippen LogP contribution >= 0.6 is 22.9 Å². The highest BCUT2D eigenvalue weighted by Crippen LogP contribution is 2.45. The van der Waals surface area contributed by atoms with Crippen molar-refractivity contribution in [3.63, 3.8) is 0 Å². The monoisotopic (exact) mass is 494 g/mol. The summed E-state index contributed by atoms with van der Waals surface area (Å²) in [5, 5.41) is 0.759. The van der Waals surface area contributed by atoms with Gasteiger partial charge in [0.05, 0.1) is 22.8 Å². The molecular weight excluding hydrogens is 468 g/mol. The van der Waals surface area contributed by atoms with Crippen LogP contribution in [0.5, 0.6) is 0 Å². The molecule has 8 heteroatoms. The van der Waals surface area contributed by atoms with E-state index >= 15 is 0 Å². The summed E-state index contributed by atoms with van der Waals surface area (Å²) >= 11 is 8.25. The SMILES string of the molecule is CCN1CC(N2CCCc3cc(Cl)cc(-c4ccnc5cc(CN6C(=O)CCC6=O)sc45)c32)C1. The minimum atomic E-state index is -0.0863. The van der Waals surface area contributed by atoms with Crippen molar-refractivity contribution in [1.29, 1.82) is 0 Å². The van der Waals surface area contributed by atoms with Crippen LogP contribution in [0.25, 0.3) is 21.3 Å². The fourth-order valence-electron chi connectivity index (χ4n) is 5.54. The first kappa shape index (κ1) is 22.0. The molecular formula is C26H27ClN4O2S. The number of pyridine rings is 1. The Morgan fingerprint density at radius 2 is 1.88 bits per heavy atom. The number of halogens is 1. The molecule has 0 aliphatic carbocycles. The van der Waals surface area contributed by atoms with Gasteiger partial charge in [0.1, 0.15) is 0 Å². The second kappa shape index (κ2) is 8.63. The van der Waals surface area contributed by atoms with Crippen molar-refractivity contribution in [1.82, 2.24) is 14.8 Å². The zero-order valence-electron chi connectivity index (χ0n) is 19.2. The molecule has 3 aliphatic rings. The number of rotatable bonds is 5. The van der Waals surface area contributed by atoms with Gasteiger partial charge in [-0.15, -0.1) is 11.3 Å². The Morgan fingerprint density at radius 1 is 1.09 bits per heavy atom. The lowest BCUT2D eigenvalue weighted by Crippen LogP contribution is -2.60. The lowest BCUT2D eigenvalue weighted by Gasteiger charge is -2.48. The van der Waals surface area contributed by atoms with Crippen LogP contribution in [0.2, 0.25) is 5.02 Å². The minimum Gasteiger partial charge on any atom is -0.365 e. The number of likely N-dealkylation sites (tertiary alicyclic amines) is 2. The number of likely N-dealkylation sites (N-methyl/N-ethyl adjacent to an activating group) is 1. The quantitative estimate of drug-likeness (QED) is 0.480. The van der Waals surface area contributed by atoms with Gasteiger partial charge in [0, 0.05) is 65.4 Å². The fraction of sp³-hybridized carbons (Fsp3) is 0.423. The summed E-state index contributed by atoms with van der Waals surface area (Å²) in [6.45, 7) is 6.90. The summed E-state index contributed by atoms with van der Waals surface area (Å²) in [7, 11) is 0. The maximum atomic E-state index is 12.1. The number of carbonyl (C=O) groups excluding carboxylic acids is 2. The normalized spacial score (nSPS) is 19.2. The highest BCUT2D eigenvalue weighted by molar-refractivity contribution is 7.19. The first-order valence-electron chi connectivity index (χ1n) is 12.0. The summed E-state index contributed by atoms with van der Waals surface area (Å²) in [6.07, 6.45) is 4.65. The van der Waals surface area contributed by atoms with E-state index in [-0.39, 0.29) is 11.8 Å². The van der Waals surface area contributed by atoms with Gasteiger partial charge in [-0.1, -0.05) is 18.5 Å². The van der Waals surface area contributed by atoms with E-state index in [2.05, 4.69) is 39.9 Å². The Bertz CT molecular complexity index is 1280. The molecule has 1 aromatic carbocycles. The van der Waals surface area contributed by atoms with Crippen molar-refractivity contribution in [3.8, 4) is 11.1 Å². The van der Waals surface area contributed by atoms with E-state index in [4.69, 9.17) is 11.6 Å². The summed E-state index contributed by atoms with van der Waals surface area (Å²) in [5.41, 5.74) is 5.81. The van der Waals surface area contributed by atoms with Crippen LogP contribution in [-0.4, -0.2) is 58.8 Å². The number of nitrogens with zero attached hydrogens (tertiary/aromatic N) is 4. The van der Waals surface area contributed by atoms with E-state index in [9.17, 15) is 9.59 Å². The zero-order chi connectivity index (χ0) is 23.4. The average molecular weight is 495 g/mol. The molecule has 2 fully saturated rings. The Hall–Kier alpha value is -2.48. The number of hydrogen-bond acceptors (Lipinski definition) is 6. The van der Waals surface area contributed by atoms with Crippen molar-refractivity contribution in [2.75, 3.05) is 31.1 Å². The van der Waals surface area contributed by atoms with Crippen molar-refractivity contribution < 1.29 is 9.59 Å². The average Bonchev–Trinajstić information content (AvgIpc) is 3.35. The van der Waals surface area contributed by atoms with Crippen molar-refractivity contribution in [2.24, 2.45) is 0 Å². The number of imide groups is 1. The predicted molar refractivity (Wildman–Crippen MR) is 136 cm³/mol. The summed E-state index contributed by atoms with van der Waals surface area (Å²) in [4.78, 5) is 36.3. The van der Waals surface area contributed by atoms with Crippen LogP contribution in [0.3, 0.4) is 0 Å². The number of fused-ring (bicyclic) bond motifs is 2. The number of aromatic nitrogens is 1. The third kappa shape index (κ3) is 3.70. The molecule has 176 valence electrons. The van der Waals surface area contributed by atoms with Gasteiger partial charge in [0.2, 0.25) is 11.8 Å². The van der Waals surface area contributed by atoms with Gasteiger partial charge in [-0.2, -0.15) is 0 Å². The molecule has 3 aromatic rings. The number of benzene rings is 1. The van der Waals surface area contributed by atoms with Crippen LogP contribution in [0, 0.1) is 0 Å². The molecule has 0 saturated carbocycles. The molecule has 6 nitrogen and oxygen atoms in total. The Labute approximate surface area is 208 Å². The molecule has 6 rings (SSSR count). The molecule has 0 N–H and O–H groups in total. The number of amides is 2. The Morgan fingerprint density at radius 3 is 2.65 bits per heavy atom. The van der Waals surface area contributed by atoms with E-state index < -0.39 is 0 Å². The van der Waals surface area contributed by atoms with Gasteiger partial charge in [-0.3, -0.25) is 24.4 Å². The van der Waals surface area contributed by atoms with Gasteiger partial charge < -0.3 is 4.90 Å². The molecule has 34 heavy (non-hydrogen) atoms. The number of aryl methyl sites for hydroxylation is 1. The Balaban J connectivity index is 1.42. The van der Waals surface area contributed by atoms with Crippen LogP contribution in [0.15, 0.2) is 30.5 Å². The number of carbonyl (C=O) groups is 2. The molecule has 0 bridgehead atoms. The highest BCUT2D eigenvalue weighted by Gasteiger charge is 2.35. The smallest absolute Gasteiger partial charge is 0.230 e. The van der Waals surface area contributed by atoms with Gasteiger partial charge >= 0.3 is 0 Å². The van der Waals surface area contributed by atoms with Crippen molar-refractivity contribution >= 4 is 50.7 Å². The van der Waals surface area contributed by atoms with Gasteiger partial charge in [-0.25, -0.2) is 0 Å². The van der Waals surface area contributed by atoms with E-state index in [0.717, 1.165) is 70.3 Å². The van der Waals surface area contributed by atoms with Crippen molar-refractivity contribution in [3.05, 3.63) is 45.9 Å². The van der Waals surface area contributed by atoms with Gasteiger partial charge in [-0.05, 0) is 49.2 Å². The summed E-state index contributed by atoms with van der Waals surface area (Å²) in [6, 6.07) is 8.85. The largest absolute Gasteiger partial charge is 0.365 e. The predicted octanol–water partition coefficient (Wildman–Crippen LogP) is 4.72. The second-order valence-corrected chi connectivity index (χ2v) is 11.0. The zero-order valence-corrected chi connectivity index (χ0v) is 20.8. The third-order valence-corrected chi connectivity index (χ3v) is 8.69. The molecule has 2 aromatic heterocycles. The minimum absolute atomic E-state index is 0.0863. The maximum absolute atomic E-state index is 12.1.